The van der Waals surface area contributed by atoms with Crippen molar-refractivity contribution in [1.82, 2.24) is 4.98 Å². The number of benzene rings is 1. The van der Waals surface area contributed by atoms with Crippen molar-refractivity contribution in [3.05, 3.63) is 30.0 Å². The third-order valence-electron chi connectivity index (χ3n) is 2.25. The maximum absolute atomic E-state index is 11.5. The Balaban J connectivity index is 2.69. The molecule has 0 spiro atoms. The van der Waals surface area contributed by atoms with Gasteiger partial charge in [-0.05, 0) is 12.3 Å². The predicted molar refractivity (Wildman–Crippen MR) is 61.4 cm³/mol. The van der Waals surface area contributed by atoms with Crippen molar-refractivity contribution in [1.29, 1.82) is 0 Å². The lowest BCUT2D eigenvalue weighted by Crippen LogP contribution is -2.02. The normalized spacial score (nSPS) is 10.5. The highest BCUT2D eigenvalue weighted by Gasteiger charge is 2.16. The van der Waals surface area contributed by atoms with Crippen molar-refractivity contribution in [2.24, 2.45) is 0 Å². The van der Waals surface area contributed by atoms with E-state index < -0.39 is 0 Å². The molecule has 15 heavy (non-hydrogen) atoms. The van der Waals surface area contributed by atoms with E-state index in [1.54, 1.807) is 11.8 Å². The molecule has 0 amide bonds. The minimum Gasteiger partial charge on any atom is -0.464 e. The van der Waals surface area contributed by atoms with E-state index in [0.717, 1.165) is 15.8 Å². The van der Waals surface area contributed by atoms with Crippen LogP contribution >= 0.6 is 11.8 Å². The van der Waals surface area contributed by atoms with E-state index in [9.17, 15) is 4.79 Å². The number of aromatic amines is 1. The topological polar surface area (TPSA) is 42.1 Å². The summed E-state index contributed by atoms with van der Waals surface area (Å²) < 4.78 is 4.72. The number of esters is 1. The zero-order valence-corrected chi connectivity index (χ0v) is 9.35. The van der Waals surface area contributed by atoms with Gasteiger partial charge in [0.25, 0.3) is 0 Å². The van der Waals surface area contributed by atoms with Crippen molar-refractivity contribution >= 4 is 28.6 Å². The molecule has 1 aromatic carbocycles. The Morgan fingerprint density at radius 2 is 2.13 bits per heavy atom. The first-order valence-electron chi connectivity index (χ1n) is 4.51. The number of carbonyl (C=O) groups is 1. The zero-order chi connectivity index (χ0) is 10.8. The van der Waals surface area contributed by atoms with Gasteiger partial charge >= 0.3 is 5.97 Å². The Bertz CT molecular complexity index is 504. The molecule has 0 saturated carbocycles. The van der Waals surface area contributed by atoms with Crippen LogP contribution in [-0.4, -0.2) is 24.3 Å². The fourth-order valence-corrected chi connectivity index (χ4v) is 2.31. The van der Waals surface area contributed by atoms with Gasteiger partial charge in [0.15, 0.2) is 0 Å². The number of fused-ring (bicyclic) bond motifs is 1. The SMILES string of the molecule is COC(=O)c1[nH]c2ccccc2c1SC. The number of rotatable bonds is 2. The number of hydrogen-bond donors (Lipinski definition) is 1. The first-order valence-corrected chi connectivity index (χ1v) is 5.73. The summed E-state index contributed by atoms with van der Waals surface area (Å²) in [6, 6.07) is 7.83. The minimum absolute atomic E-state index is 0.324. The van der Waals surface area contributed by atoms with Crippen LogP contribution in [0.1, 0.15) is 10.5 Å². The molecule has 0 radical (unpaired) electrons. The second-order valence-electron chi connectivity index (χ2n) is 3.07. The van der Waals surface area contributed by atoms with Crippen molar-refractivity contribution < 1.29 is 9.53 Å². The summed E-state index contributed by atoms with van der Waals surface area (Å²) in [6.45, 7) is 0. The number of aromatic nitrogens is 1. The Morgan fingerprint density at radius 3 is 2.80 bits per heavy atom. The Kier molecular flexibility index (Phi) is 2.68. The zero-order valence-electron chi connectivity index (χ0n) is 8.53. The molecule has 0 aliphatic rings. The van der Waals surface area contributed by atoms with Crippen LogP contribution in [0, 0.1) is 0 Å². The van der Waals surface area contributed by atoms with Crippen LogP contribution in [-0.2, 0) is 4.74 Å². The molecule has 0 atom stereocenters. The summed E-state index contributed by atoms with van der Waals surface area (Å²) in [5.74, 6) is -0.324. The maximum atomic E-state index is 11.5. The van der Waals surface area contributed by atoms with Crippen molar-refractivity contribution in [3.8, 4) is 0 Å². The summed E-state index contributed by atoms with van der Waals surface area (Å²) in [4.78, 5) is 15.5. The number of methoxy groups -OCH3 is 1. The van der Waals surface area contributed by atoms with E-state index in [4.69, 9.17) is 4.74 Å². The summed E-state index contributed by atoms with van der Waals surface area (Å²) >= 11 is 1.54. The number of H-pyrrole nitrogens is 1. The van der Waals surface area contributed by atoms with E-state index >= 15 is 0 Å². The van der Waals surface area contributed by atoms with Gasteiger partial charge in [0.2, 0.25) is 0 Å². The van der Waals surface area contributed by atoms with Crippen molar-refractivity contribution in [3.63, 3.8) is 0 Å². The first-order chi connectivity index (χ1) is 7.27. The highest BCUT2D eigenvalue weighted by atomic mass is 32.2. The van der Waals surface area contributed by atoms with E-state index in [1.807, 2.05) is 30.5 Å². The van der Waals surface area contributed by atoms with Crippen LogP contribution in [0.3, 0.4) is 0 Å². The van der Waals surface area contributed by atoms with Gasteiger partial charge in [-0.3, -0.25) is 0 Å². The molecule has 1 aromatic heterocycles. The average molecular weight is 221 g/mol. The molecule has 0 aliphatic carbocycles. The predicted octanol–water partition coefficient (Wildman–Crippen LogP) is 2.68. The van der Waals surface area contributed by atoms with Crippen LogP contribution in [0.25, 0.3) is 10.9 Å². The monoisotopic (exact) mass is 221 g/mol. The number of carbonyl (C=O) groups excluding carboxylic acids is 1. The van der Waals surface area contributed by atoms with Crippen LogP contribution in [0.5, 0.6) is 0 Å². The fraction of sp³-hybridized carbons (Fsp3) is 0.182. The lowest BCUT2D eigenvalue weighted by atomic mass is 10.2. The molecule has 2 rings (SSSR count). The number of para-hydroxylation sites is 1. The van der Waals surface area contributed by atoms with Gasteiger partial charge in [-0.25, -0.2) is 4.79 Å². The molecule has 1 heterocycles. The van der Waals surface area contributed by atoms with E-state index in [0.29, 0.717) is 5.69 Å². The van der Waals surface area contributed by atoms with Gasteiger partial charge in [-0.15, -0.1) is 11.8 Å². The molecular weight excluding hydrogens is 210 g/mol. The lowest BCUT2D eigenvalue weighted by molar-refractivity contribution is 0.0591. The Hall–Kier alpha value is -1.42. The van der Waals surface area contributed by atoms with Gasteiger partial charge in [0.05, 0.1) is 7.11 Å². The molecule has 2 aromatic rings. The average Bonchev–Trinajstić information content (AvgIpc) is 2.66. The van der Waals surface area contributed by atoms with Crippen LogP contribution in [0.2, 0.25) is 0 Å². The Morgan fingerprint density at radius 1 is 1.40 bits per heavy atom. The minimum atomic E-state index is -0.324. The van der Waals surface area contributed by atoms with E-state index in [2.05, 4.69) is 4.98 Å². The van der Waals surface area contributed by atoms with Gasteiger partial charge in [0.1, 0.15) is 5.69 Å². The van der Waals surface area contributed by atoms with Gasteiger partial charge < -0.3 is 9.72 Å². The Labute approximate surface area is 91.8 Å². The first kappa shape index (κ1) is 10.1. The summed E-state index contributed by atoms with van der Waals surface area (Å²) in [5, 5.41) is 1.06. The number of ether oxygens (including phenoxy) is 1. The number of nitrogens with one attached hydrogen (secondary N) is 1. The molecule has 0 saturated heterocycles. The third-order valence-corrected chi connectivity index (χ3v) is 3.08. The molecule has 0 unspecified atom stereocenters. The van der Waals surface area contributed by atoms with Crippen LogP contribution < -0.4 is 0 Å². The molecular formula is C11H11NO2S. The molecule has 0 bridgehead atoms. The number of hydrogen-bond acceptors (Lipinski definition) is 3. The van der Waals surface area contributed by atoms with Gasteiger partial charge in [-0.1, -0.05) is 18.2 Å². The third kappa shape index (κ3) is 1.61. The van der Waals surface area contributed by atoms with Crippen LogP contribution in [0.4, 0.5) is 0 Å². The number of thioether (sulfide) groups is 1. The standard InChI is InChI=1S/C11H11NO2S/c1-14-11(13)9-10(15-2)7-5-3-4-6-8(7)12-9/h3-6,12H,1-2H3. The summed E-state index contributed by atoms with van der Waals surface area (Å²) in [6.07, 6.45) is 1.95. The van der Waals surface area contributed by atoms with E-state index in [1.165, 1.54) is 7.11 Å². The highest BCUT2D eigenvalue weighted by molar-refractivity contribution is 7.99. The molecule has 0 aliphatic heterocycles. The maximum Gasteiger partial charge on any atom is 0.355 e. The lowest BCUT2D eigenvalue weighted by Gasteiger charge is -1.98. The highest BCUT2D eigenvalue weighted by Crippen LogP contribution is 2.30. The largest absolute Gasteiger partial charge is 0.464 e. The fourth-order valence-electron chi connectivity index (χ4n) is 1.57. The quantitative estimate of drug-likeness (QED) is 0.626. The van der Waals surface area contributed by atoms with Crippen LogP contribution in [0.15, 0.2) is 29.2 Å². The van der Waals surface area contributed by atoms with E-state index in [-0.39, 0.29) is 5.97 Å². The summed E-state index contributed by atoms with van der Waals surface area (Å²) in [5.41, 5.74) is 1.49. The van der Waals surface area contributed by atoms with Gasteiger partial charge in [-0.2, -0.15) is 0 Å². The smallest absolute Gasteiger partial charge is 0.355 e. The summed E-state index contributed by atoms with van der Waals surface area (Å²) in [7, 11) is 1.39. The molecule has 0 fully saturated rings. The molecule has 1 N–H and O–H groups in total. The molecule has 4 heteroatoms. The van der Waals surface area contributed by atoms with Crippen molar-refractivity contribution in [2.45, 2.75) is 4.90 Å². The van der Waals surface area contributed by atoms with Crippen molar-refractivity contribution in [2.75, 3.05) is 13.4 Å². The molecule has 78 valence electrons. The second-order valence-corrected chi connectivity index (χ2v) is 3.89. The molecule has 3 nitrogen and oxygen atoms in total. The van der Waals surface area contributed by atoms with Gasteiger partial charge in [0, 0.05) is 15.8 Å². The second kappa shape index (κ2) is 3.98.